The van der Waals surface area contributed by atoms with Crippen molar-refractivity contribution in [3.05, 3.63) is 58.7 Å². The molecule has 1 aliphatic rings. The molecule has 1 fully saturated rings. The first kappa shape index (κ1) is 24.7. The Labute approximate surface area is 199 Å². The maximum atomic E-state index is 13.4. The van der Waals surface area contributed by atoms with Gasteiger partial charge in [-0.1, -0.05) is 0 Å². The van der Waals surface area contributed by atoms with Crippen LogP contribution in [-0.4, -0.2) is 64.9 Å². The van der Waals surface area contributed by atoms with Gasteiger partial charge in [-0.25, -0.2) is 4.79 Å². The monoisotopic (exact) mass is 467 g/mol. The predicted octanol–water partition coefficient (Wildman–Crippen LogP) is 4.23. The van der Waals surface area contributed by atoms with Gasteiger partial charge in [-0.05, 0) is 54.5 Å². The van der Waals surface area contributed by atoms with Gasteiger partial charge in [0.15, 0.2) is 5.78 Å². The molecule has 1 amide bonds. The average molecular weight is 468 g/mol. The molecule has 180 valence electrons. The lowest BCUT2D eigenvalue weighted by Gasteiger charge is -2.29. The summed E-state index contributed by atoms with van der Waals surface area (Å²) < 4.78 is 26.5. The van der Waals surface area contributed by atoms with Crippen LogP contribution in [0.4, 0.5) is 4.79 Å². The molecule has 0 atom stereocenters. The molecule has 1 heterocycles. The summed E-state index contributed by atoms with van der Waals surface area (Å²) in [7, 11) is 6.23. The van der Waals surface area contributed by atoms with Crippen LogP contribution in [0.25, 0.3) is 12.2 Å². The Morgan fingerprint density at radius 2 is 1.15 bits per heavy atom. The van der Waals surface area contributed by atoms with Crippen molar-refractivity contribution in [2.45, 2.75) is 6.92 Å². The molecule has 0 aliphatic carbocycles. The molecule has 0 aromatic heterocycles. The molecule has 0 N–H and O–H groups in total. The highest BCUT2D eigenvalue weighted by atomic mass is 16.6. The van der Waals surface area contributed by atoms with E-state index in [1.54, 1.807) is 83.9 Å². The number of nitrogens with zero attached hydrogens (tertiary/aromatic N) is 1. The highest BCUT2D eigenvalue weighted by Gasteiger charge is 2.30. The molecule has 8 nitrogen and oxygen atoms in total. The van der Waals surface area contributed by atoms with Gasteiger partial charge in [0.25, 0.3) is 0 Å². The standard InChI is InChI=1S/C26H29NO7/c1-6-34-26(29)27-15-19(7-17-9-21(30-2)13-22(10-17)31-3)25(28)20(16-27)8-18-11-23(32-4)14-24(12-18)33-5/h7-14H,6,15-16H2,1-5H3. The zero-order valence-electron chi connectivity index (χ0n) is 20.0. The normalized spacial score (nSPS) is 15.9. The molecule has 2 aromatic rings. The van der Waals surface area contributed by atoms with E-state index >= 15 is 0 Å². The van der Waals surface area contributed by atoms with Gasteiger partial charge in [0.2, 0.25) is 0 Å². The van der Waals surface area contributed by atoms with Crippen molar-refractivity contribution in [3.63, 3.8) is 0 Å². The van der Waals surface area contributed by atoms with Gasteiger partial charge in [-0.2, -0.15) is 0 Å². The van der Waals surface area contributed by atoms with E-state index in [0.717, 1.165) is 0 Å². The van der Waals surface area contributed by atoms with Crippen LogP contribution in [0.3, 0.4) is 0 Å². The fraction of sp³-hybridized carbons (Fsp3) is 0.308. The minimum atomic E-state index is -0.488. The molecule has 1 aliphatic heterocycles. The van der Waals surface area contributed by atoms with Gasteiger partial charge in [-0.15, -0.1) is 0 Å². The van der Waals surface area contributed by atoms with Crippen molar-refractivity contribution in [2.24, 2.45) is 0 Å². The number of rotatable bonds is 7. The Balaban J connectivity index is 2.06. The van der Waals surface area contributed by atoms with Crippen molar-refractivity contribution < 1.29 is 33.3 Å². The molecule has 8 heteroatoms. The summed E-state index contributed by atoms with van der Waals surface area (Å²) in [5.41, 5.74) is 2.31. The summed E-state index contributed by atoms with van der Waals surface area (Å²) in [5, 5.41) is 0. The van der Waals surface area contributed by atoms with Gasteiger partial charge in [0, 0.05) is 23.3 Å². The van der Waals surface area contributed by atoms with Gasteiger partial charge in [-0.3, -0.25) is 9.69 Å². The summed E-state index contributed by atoms with van der Waals surface area (Å²) in [5.74, 6) is 2.21. The minimum absolute atomic E-state index is 0.121. The van der Waals surface area contributed by atoms with Crippen LogP contribution in [0.5, 0.6) is 23.0 Å². The quantitative estimate of drug-likeness (QED) is 0.564. The van der Waals surface area contributed by atoms with Crippen LogP contribution < -0.4 is 18.9 Å². The average Bonchev–Trinajstić information content (AvgIpc) is 2.85. The third-order valence-corrected chi connectivity index (χ3v) is 5.26. The second-order valence-corrected chi connectivity index (χ2v) is 7.52. The Bertz CT molecular complexity index is 998. The lowest BCUT2D eigenvalue weighted by molar-refractivity contribution is -0.113. The summed E-state index contributed by atoms with van der Waals surface area (Å²) in [4.78, 5) is 27.5. The van der Waals surface area contributed by atoms with Gasteiger partial charge < -0.3 is 23.7 Å². The number of amides is 1. The fourth-order valence-corrected chi connectivity index (χ4v) is 3.61. The molecule has 0 spiro atoms. The third kappa shape index (κ3) is 5.89. The first-order valence-electron chi connectivity index (χ1n) is 10.7. The van der Waals surface area contributed by atoms with Crippen LogP contribution >= 0.6 is 0 Å². The predicted molar refractivity (Wildman–Crippen MR) is 129 cm³/mol. The van der Waals surface area contributed by atoms with E-state index in [1.165, 1.54) is 4.90 Å². The van der Waals surface area contributed by atoms with Crippen LogP contribution in [0, 0.1) is 0 Å². The second kappa shape index (κ2) is 11.3. The number of carbonyl (C=O) groups is 2. The zero-order chi connectivity index (χ0) is 24.7. The number of ether oxygens (including phenoxy) is 5. The smallest absolute Gasteiger partial charge is 0.410 e. The first-order valence-corrected chi connectivity index (χ1v) is 10.7. The van der Waals surface area contributed by atoms with E-state index in [-0.39, 0.29) is 25.5 Å². The zero-order valence-corrected chi connectivity index (χ0v) is 20.0. The number of Topliss-reactive ketones (excluding diaryl/α,β-unsaturated/α-hetero) is 1. The van der Waals surface area contributed by atoms with E-state index in [1.807, 2.05) is 0 Å². The van der Waals surface area contributed by atoms with Crippen LogP contribution in [0.2, 0.25) is 0 Å². The Morgan fingerprint density at radius 1 is 0.765 bits per heavy atom. The van der Waals surface area contributed by atoms with Crippen molar-refractivity contribution in [2.75, 3.05) is 48.1 Å². The highest BCUT2D eigenvalue weighted by molar-refractivity contribution is 6.15. The number of likely N-dealkylation sites (tertiary alicyclic amines) is 1. The van der Waals surface area contributed by atoms with E-state index in [0.29, 0.717) is 45.3 Å². The van der Waals surface area contributed by atoms with E-state index in [2.05, 4.69) is 0 Å². The molecule has 2 aromatic carbocycles. The minimum Gasteiger partial charge on any atom is -0.497 e. The Morgan fingerprint density at radius 3 is 1.47 bits per heavy atom. The Kier molecular flexibility index (Phi) is 8.19. The highest BCUT2D eigenvalue weighted by Crippen LogP contribution is 2.29. The number of methoxy groups -OCH3 is 4. The molecule has 1 saturated heterocycles. The largest absolute Gasteiger partial charge is 0.497 e. The lowest BCUT2D eigenvalue weighted by atomic mass is 9.94. The summed E-state index contributed by atoms with van der Waals surface area (Å²) in [6, 6.07) is 10.7. The first-order chi connectivity index (χ1) is 16.4. The molecular formula is C26H29NO7. The molecule has 0 radical (unpaired) electrons. The fourth-order valence-electron chi connectivity index (χ4n) is 3.61. The van der Waals surface area contributed by atoms with E-state index in [4.69, 9.17) is 23.7 Å². The van der Waals surface area contributed by atoms with Crippen molar-refractivity contribution in [3.8, 4) is 23.0 Å². The number of piperidine rings is 1. The van der Waals surface area contributed by atoms with Crippen LogP contribution in [0.15, 0.2) is 47.5 Å². The molecule has 34 heavy (non-hydrogen) atoms. The molecule has 0 unspecified atom stereocenters. The Hall–Kier alpha value is -3.94. The summed E-state index contributed by atoms with van der Waals surface area (Å²) >= 11 is 0. The summed E-state index contributed by atoms with van der Waals surface area (Å²) in [6.07, 6.45) is 2.98. The third-order valence-electron chi connectivity index (χ3n) is 5.26. The van der Waals surface area contributed by atoms with Crippen LogP contribution in [-0.2, 0) is 9.53 Å². The maximum Gasteiger partial charge on any atom is 0.410 e. The van der Waals surface area contributed by atoms with Gasteiger partial charge in [0.05, 0.1) is 48.1 Å². The second-order valence-electron chi connectivity index (χ2n) is 7.52. The lowest BCUT2D eigenvalue weighted by Crippen LogP contribution is -2.41. The van der Waals surface area contributed by atoms with Gasteiger partial charge in [0.1, 0.15) is 23.0 Å². The van der Waals surface area contributed by atoms with E-state index < -0.39 is 6.09 Å². The molecule has 3 rings (SSSR count). The topological polar surface area (TPSA) is 83.5 Å². The van der Waals surface area contributed by atoms with Crippen molar-refractivity contribution >= 4 is 24.0 Å². The van der Waals surface area contributed by atoms with Crippen molar-refractivity contribution in [1.29, 1.82) is 0 Å². The van der Waals surface area contributed by atoms with E-state index in [9.17, 15) is 9.59 Å². The maximum absolute atomic E-state index is 13.4. The van der Waals surface area contributed by atoms with Crippen molar-refractivity contribution in [1.82, 2.24) is 4.90 Å². The number of hydrogen-bond acceptors (Lipinski definition) is 7. The molecular weight excluding hydrogens is 438 g/mol. The number of benzene rings is 2. The number of carbonyl (C=O) groups excluding carboxylic acids is 2. The molecule has 0 saturated carbocycles. The molecule has 0 bridgehead atoms. The number of ketones is 1. The van der Waals surface area contributed by atoms with Crippen LogP contribution in [0.1, 0.15) is 18.1 Å². The summed E-state index contributed by atoms with van der Waals surface area (Å²) in [6.45, 7) is 2.22. The number of hydrogen-bond donors (Lipinski definition) is 0. The van der Waals surface area contributed by atoms with Gasteiger partial charge >= 0.3 is 6.09 Å². The SMILES string of the molecule is CCOC(=O)N1CC(=Cc2cc(OC)cc(OC)c2)C(=O)C(=Cc2cc(OC)cc(OC)c2)C1.